The second-order valence-electron chi connectivity index (χ2n) is 9.60. The van der Waals surface area contributed by atoms with Crippen LogP contribution < -0.4 is 0 Å². The van der Waals surface area contributed by atoms with Gasteiger partial charge in [-0.3, -0.25) is 4.79 Å². The largest absolute Gasteiger partial charge is 0.367 e. The van der Waals surface area contributed by atoms with Gasteiger partial charge in [-0.25, -0.2) is 0 Å². The van der Waals surface area contributed by atoms with E-state index in [-0.39, 0.29) is 11.7 Å². The van der Waals surface area contributed by atoms with Gasteiger partial charge in [-0.2, -0.15) is 0 Å². The Kier molecular flexibility index (Phi) is 3.78. The maximum Gasteiger partial charge on any atom is 0.161 e. The molecule has 0 spiro atoms. The first kappa shape index (κ1) is 16.8. The molecule has 3 saturated carbocycles. The zero-order valence-corrected chi connectivity index (χ0v) is 15.3. The van der Waals surface area contributed by atoms with Gasteiger partial charge in [0.15, 0.2) is 12.1 Å². The van der Waals surface area contributed by atoms with Gasteiger partial charge in [0.1, 0.15) is 0 Å². The predicted molar refractivity (Wildman–Crippen MR) is 93.0 cm³/mol. The molecule has 0 aromatic carbocycles. The number of carbonyl (C=O) groups is 1. The molecule has 4 rings (SSSR count). The lowest BCUT2D eigenvalue weighted by atomic mass is 9.42. The van der Waals surface area contributed by atoms with Crippen LogP contribution in [0.2, 0.25) is 0 Å². The highest BCUT2D eigenvalue weighted by Crippen LogP contribution is 2.68. The summed E-state index contributed by atoms with van der Waals surface area (Å²) in [5.74, 6) is 2.33. The molecule has 0 saturated heterocycles. The Morgan fingerprint density at radius 1 is 1.12 bits per heavy atom. The van der Waals surface area contributed by atoms with Crippen LogP contribution in [0.1, 0.15) is 65.7 Å². The smallest absolute Gasteiger partial charge is 0.161 e. The molecule has 134 valence electrons. The molecular formula is C21H32O3. The fraction of sp³-hybridized carbons (Fsp3) is 0.857. The molecule has 3 nitrogen and oxygen atoms in total. The van der Waals surface area contributed by atoms with Crippen LogP contribution in [-0.4, -0.2) is 22.3 Å². The molecule has 4 aliphatic carbocycles. The van der Waals surface area contributed by atoms with Gasteiger partial charge in [-0.05, 0) is 73.2 Å². The number of ketones is 1. The quantitative estimate of drug-likeness (QED) is 0.720. The van der Waals surface area contributed by atoms with Crippen molar-refractivity contribution < 1.29 is 15.0 Å². The highest BCUT2D eigenvalue weighted by atomic mass is 16.5. The summed E-state index contributed by atoms with van der Waals surface area (Å²) in [6, 6.07) is 0. The highest BCUT2D eigenvalue weighted by molar-refractivity contribution is 5.92. The fourth-order valence-corrected chi connectivity index (χ4v) is 7.64. The number of carbonyl (C=O) groups excluding carboxylic acids is 1. The third-order valence-corrected chi connectivity index (χ3v) is 8.57. The van der Waals surface area contributed by atoms with Crippen LogP contribution >= 0.6 is 0 Å². The molecule has 0 heterocycles. The second-order valence-corrected chi connectivity index (χ2v) is 9.60. The first-order valence-electron chi connectivity index (χ1n) is 9.90. The predicted octanol–water partition coefficient (Wildman–Crippen LogP) is 3.69. The van der Waals surface area contributed by atoms with E-state index in [0.29, 0.717) is 35.5 Å². The van der Waals surface area contributed by atoms with Gasteiger partial charge in [0, 0.05) is 11.8 Å². The Morgan fingerprint density at radius 3 is 2.58 bits per heavy atom. The number of hydrogen-bond donors (Lipinski definition) is 2. The Labute approximate surface area is 145 Å². The van der Waals surface area contributed by atoms with E-state index >= 15 is 0 Å². The van der Waals surface area contributed by atoms with Gasteiger partial charge < -0.3 is 10.2 Å². The van der Waals surface area contributed by atoms with Gasteiger partial charge in [0.05, 0.1) is 0 Å². The molecule has 0 radical (unpaired) electrons. The average Bonchev–Trinajstić information content (AvgIpc) is 2.87. The summed E-state index contributed by atoms with van der Waals surface area (Å²) in [5.41, 5.74) is 0.901. The van der Waals surface area contributed by atoms with Crippen LogP contribution in [0.5, 0.6) is 0 Å². The lowest BCUT2D eigenvalue weighted by molar-refractivity contribution is -0.207. The molecule has 0 aromatic heterocycles. The van der Waals surface area contributed by atoms with Crippen molar-refractivity contribution in [2.45, 2.75) is 72.0 Å². The third-order valence-electron chi connectivity index (χ3n) is 8.57. The Bertz CT molecular complexity index is 580. The van der Waals surface area contributed by atoms with Crippen LogP contribution in [-0.2, 0) is 4.79 Å². The van der Waals surface area contributed by atoms with E-state index in [1.54, 1.807) is 6.08 Å². The van der Waals surface area contributed by atoms with Crippen LogP contribution in [0.4, 0.5) is 0 Å². The summed E-state index contributed by atoms with van der Waals surface area (Å²) in [6.45, 7) is 6.87. The Hall–Kier alpha value is -0.670. The van der Waals surface area contributed by atoms with Crippen LogP contribution in [0.3, 0.4) is 0 Å². The molecule has 4 aliphatic rings. The van der Waals surface area contributed by atoms with Crippen molar-refractivity contribution in [2.24, 2.45) is 40.4 Å². The molecule has 0 bridgehead atoms. The number of rotatable bonds is 1. The number of aliphatic hydroxyl groups excluding tert-OH is 1. The van der Waals surface area contributed by atoms with Crippen molar-refractivity contribution in [3.8, 4) is 0 Å². The van der Waals surface area contributed by atoms with Crippen molar-refractivity contribution in [3.63, 3.8) is 0 Å². The van der Waals surface area contributed by atoms with Crippen LogP contribution in [0.15, 0.2) is 11.6 Å². The molecule has 0 aromatic rings. The molecule has 7 atom stereocenters. The van der Waals surface area contributed by atoms with E-state index < -0.39 is 11.7 Å². The summed E-state index contributed by atoms with van der Waals surface area (Å²) in [6.07, 6.45) is 7.98. The Balaban J connectivity index is 1.83. The van der Waals surface area contributed by atoms with Crippen LogP contribution in [0.25, 0.3) is 0 Å². The molecule has 2 N–H and O–H groups in total. The van der Waals surface area contributed by atoms with E-state index in [4.69, 9.17) is 0 Å². The average molecular weight is 332 g/mol. The van der Waals surface area contributed by atoms with E-state index in [1.807, 2.05) is 0 Å². The monoisotopic (exact) mass is 332 g/mol. The third kappa shape index (κ3) is 2.00. The SMILES string of the molecule is CC1CC2=CC(=O)CC(C)[C@]2(C(O)O)[C@@H]2CC[C@]3(C)CCC[C@H]3[C@H]12. The number of fused-ring (bicyclic) bond motifs is 5. The van der Waals surface area contributed by atoms with E-state index in [9.17, 15) is 15.0 Å². The van der Waals surface area contributed by atoms with Gasteiger partial charge in [-0.1, -0.05) is 32.8 Å². The van der Waals surface area contributed by atoms with Crippen molar-refractivity contribution in [1.29, 1.82) is 0 Å². The minimum atomic E-state index is -1.35. The van der Waals surface area contributed by atoms with Crippen LogP contribution in [0, 0.1) is 40.4 Å². The zero-order valence-electron chi connectivity index (χ0n) is 15.3. The summed E-state index contributed by atoms with van der Waals surface area (Å²) in [5, 5.41) is 21.1. The molecule has 24 heavy (non-hydrogen) atoms. The van der Waals surface area contributed by atoms with Crippen molar-refractivity contribution in [2.75, 3.05) is 0 Å². The summed E-state index contributed by atoms with van der Waals surface area (Å²) in [4.78, 5) is 12.2. The maximum absolute atomic E-state index is 12.2. The van der Waals surface area contributed by atoms with Gasteiger partial charge >= 0.3 is 0 Å². The molecular weight excluding hydrogens is 300 g/mol. The molecule has 0 amide bonds. The molecule has 3 heteroatoms. The minimum Gasteiger partial charge on any atom is -0.367 e. The first-order chi connectivity index (χ1) is 11.3. The van der Waals surface area contributed by atoms with Crippen molar-refractivity contribution >= 4 is 5.78 Å². The van der Waals surface area contributed by atoms with E-state index in [1.165, 1.54) is 25.7 Å². The molecule has 3 fully saturated rings. The molecule has 2 unspecified atom stereocenters. The lowest BCUT2D eigenvalue weighted by Crippen LogP contribution is -2.60. The highest BCUT2D eigenvalue weighted by Gasteiger charge is 2.63. The second kappa shape index (κ2) is 5.41. The topological polar surface area (TPSA) is 57.5 Å². The van der Waals surface area contributed by atoms with E-state index in [0.717, 1.165) is 18.4 Å². The fourth-order valence-electron chi connectivity index (χ4n) is 7.64. The van der Waals surface area contributed by atoms with Crippen molar-refractivity contribution in [3.05, 3.63) is 11.6 Å². The normalized spacial score (nSPS) is 51.0. The first-order valence-corrected chi connectivity index (χ1v) is 9.90. The van der Waals surface area contributed by atoms with E-state index in [2.05, 4.69) is 20.8 Å². The standard InChI is InChI=1S/C21H32O3/c1-12-9-14-11-15(22)10-13(2)21(14,19(23)24)17-6-8-20(3)7-4-5-16(20)18(12)17/h11-13,16-19,23-24H,4-10H2,1-3H3/t12?,13?,16-,17+,18-,20-,21+/m0/s1. The summed E-state index contributed by atoms with van der Waals surface area (Å²) < 4.78 is 0. The Morgan fingerprint density at radius 2 is 1.88 bits per heavy atom. The zero-order chi connectivity index (χ0) is 17.3. The maximum atomic E-state index is 12.2. The van der Waals surface area contributed by atoms with Gasteiger partial charge in [-0.15, -0.1) is 0 Å². The number of hydrogen-bond acceptors (Lipinski definition) is 3. The molecule has 0 aliphatic heterocycles. The number of aliphatic hydroxyl groups is 2. The van der Waals surface area contributed by atoms with Gasteiger partial charge in [0.25, 0.3) is 0 Å². The lowest BCUT2D eigenvalue weighted by Gasteiger charge is -2.62. The minimum absolute atomic E-state index is 0.0239. The summed E-state index contributed by atoms with van der Waals surface area (Å²) in [7, 11) is 0. The summed E-state index contributed by atoms with van der Waals surface area (Å²) >= 11 is 0. The van der Waals surface area contributed by atoms with Crippen molar-refractivity contribution in [1.82, 2.24) is 0 Å². The van der Waals surface area contributed by atoms with Gasteiger partial charge in [0.2, 0.25) is 0 Å².